The fourth-order valence-corrected chi connectivity index (χ4v) is 1.47. The molecular weight excluding hydrogens is 230 g/mol. The summed E-state index contributed by atoms with van der Waals surface area (Å²) in [6.45, 7) is 3.21. The Morgan fingerprint density at radius 3 is 2.65 bits per heavy atom. The first kappa shape index (κ1) is 13.6. The summed E-state index contributed by atoms with van der Waals surface area (Å²) in [6, 6.07) is 2.99. The number of benzene rings is 1. The van der Waals surface area contributed by atoms with E-state index in [1.165, 1.54) is 13.0 Å². The molecule has 94 valence electrons. The normalized spacial score (nSPS) is 14.2. The average Bonchev–Trinajstić information content (AvgIpc) is 2.27. The maximum Gasteiger partial charge on any atom is 0.335 e. The van der Waals surface area contributed by atoms with Crippen molar-refractivity contribution in [1.82, 2.24) is 0 Å². The number of aliphatic hydroxyl groups is 1. The zero-order valence-electron chi connectivity index (χ0n) is 9.61. The van der Waals surface area contributed by atoms with Crippen LogP contribution in [0.25, 0.3) is 0 Å². The van der Waals surface area contributed by atoms with Gasteiger partial charge in [-0.3, -0.25) is 0 Å². The Morgan fingerprint density at radius 2 is 2.12 bits per heavy atom. The standard InChI is InChI=1S/C12H14F2O3/c1-3-17-12(16)11(15)7(2)9-5-4-8(13)6-10(9)14/h4-7,11,15H,3H2,1-2H3. The van der Waals surface area contributed by atoms with Gasteiger partial charge in [0.05, 0.1) is 6.61 Å². The van der Waals surface area contributed by atoms with Crippen LogP contribution in [0.2, 0.25) is 0 Å². The lowest BCUT2D eigenvalue weighted by atomic mass is 9.95. The molecule has 1 N–H and O–H groups in total. The number of aliphatic hydroxyl groups excluding tert-OH is 1. The smallest absolute Gasteiger partial charge is 0.335 e. The second kappa shape index (κ2) is 5.72. The molecule has 0 radical (unpaired) electrons. The van der Waals surface area contributed by atoms with Gasteiger partial charge in [-0.15, -0.1) is 0 Å². The first-order valence-corrected chi connectivity index (χ1v) is 5.27. The molecule has 0 bridgehead atoms. The predicted octanol–water partition coefficient (Wildman–Crippen LogP) is 1.99. The third-order valence-electron chi connectivity index (χ3n) is 2.45. The Morgan fingerprint density at radius 1 is 1.47 bits per heavy atom. The van der Waals surface area contributed by atoms with Crippen molar-refractivity contribution in [2.24, 2.45) is 0 Å². The van der Waals surface area contributed by atoms with Crippen LogP contribution in [-0.2, 0) is 9.53 Å². The summed E-state index contributed by atoms with van der Waals surface area (Å²) in [5.74, 6) is -3.11. The Labute approximate surface area is 98.0 Å². The van der Waals surface area contributed by atoms with Gasteiger partial charge in [0.1, 0.15) is 11.6 Å². The Kier molecular flexibility index (Phi) is 4.57. The zero-order valence-corrected chi connectivity index (χ0v) is 9.61. The summed E-state index contributed by atoms with van der Waals surface area (Å²) in [4.78, 5) is 11.3. The van der Waals surface area contributed by atoms with Gasteiger partial charge < -0.3 is 9.84 Å². The number of rotatable bonds is 4. The third kappa shape index (κ3) is 3.23. The van der Waals surface area contributed by atoms with Gasteiger partial charge in [-0.05, 0) is 18.6 Å². The van der Waals surface area contributed by atoms with E-state index in [9.17, 15) is 18.7 Å². The van der Waals surface area contributed by atoms with Crippen LogP contribution >= 0.6 is 0 Å². The van der Waals surface area contributed by atoms with E-state index < -0.39 is 29.6 Å². The van der Waals surface area contributed by atoms with Crippen LogP contribution in [-0.4, -0.2) is 23.8 Å². The quantitative estimate of drug-likeness (QED) is 0.824. The molecule has 2 atom stereocenters. The topological polar surface area (TPSA) is 46.5 Å². The van der Waals surface area contributed by atoms with E-state index in [4.69, 9.17) is 0 Å². The minimum Gasteiger partial charge on any atom is -0.464 e. The van der Waals surface area contributed by atoms with Crippen LogP contribution in [0.5, 0.6) is 0 Å². The molecule has 17 heavy (non-hydrogen) atoms. The van der Waals surface area contributed by atoms with Crippen molar-refractivity contribution in [1.29, 1.82) is 0 Å². The molecule has 1 aromatic carbocycles. The Balaban J connectivity index is 2.88. The maximum absolute atomic E-state index is 13.4. The number of esters is 1. The maximum atomic E-state index is 13.4. The van der Waals surface area contributed by atoms with Crippen molar-refractivity contribution < 1.29 is 23.4 Å². The van der Waals surface area contributed by atoms with Crippen molar-refractivity contribution >= 4 is 5.97 Å². The molecule has 0 fully saturated rings. The van der Waals surface area contributed by atoms with Crippen LogP contribution in [0.3, 0.4) is 0 Å². The molecule has 1 aromatic rings. The van der Waals surface area contributed by atoms with Gasteiger partial charge >= 0.3 is 5.97 Å². The van der Waals surface area contributed by atoms with Gasteiger partial charge in [0, 0.05) is 12.0 Å². The van der Waals surface area contributed by atoms with E-state index in [2.05, 4.69) is 4.74 Å². The third-order valence-corrected chi connectivity index (χ3v) is 2.45. The fourth-order valence-electron chi connectivity index (χ4n) is 1.47. The van der Waals surface area contributed by atoms with Crippen molar-refractivity contribution in [3.8, 4) is 0 Å². The van der Waals surface area contributed by atoms with Crippen molar-refractivity contribution in [3.05, 3.63) is 35.4 Å². The van der Waals surface area contributed by atoms with E-state index in [0.29, 0.717) is 6.07 Å². The summed E-state index contributed by atoms with van der Waals surface area (Å²) < 4.78 is 30.7. The van der Waals surface area contributed by atoms with Gasteiger partial charge in [-0.1, -0.05) is 13.0 Å². The van der Waals surface area contributed by atoms with Crippen molar-refractivity contribution in [2.75, 3.05) is 6.61 Å². The van der Waals surface area contributed by atoms with Crippen molar-refractivity contribution in [2.45, 2.75) is 25.9 Å². The van der Waals surface area contributed by atoms with Gasteiger partial charge in [0.25, 0.3) is 0 Å². The molecule has 2 unspecified atom stereocenters. The second-order valence-corrected chi connectivity index (χ2v) is 3.65. The average molecular weight is 244 g/mol. The molecule has 5 heteroatoms. The number of hydrogen-bond donors (Lipinski definition) is 1. The van der Waals surface area contributed by atoms with Gasteiger partial charge in [0.2, 0.25) is 0 Å². The summed E-state index contributed by atoms with van der Waals surface area (Å²) in [7, 11) is 0. The molecule has 0 aliphatic carbocycles. The van der Waals surface area contributed by atoms with Crippen molar-refractivity contribution in [3.63, 3.8) is 0 Å². The molecule has 0 aromatic heterocycles. The highest BCUT2D eigenvalue weighted by molar-refractivity contribution is 5.75. The molecular formula is C12H14F2O3. The fraction of sp³-hybridized carbons (Fsp3) is 0.417. The Hall–Kier alpha value is -1.49. The molecule has 0 amide bonds. The number of ether oxygens (including phenoxy) is 1. The van der Waals surface area contributed by atoms with Crippen LogP contribution < -0.4 is 0 Å². The minimum atomic E-state index is -1.46. The molecule has 0 spiro atoms. The predicted molar refractivity (Wildman–Crippen MR) is 57.4 cm³/mol. The van der Waals surface area contributed by atoms with Crippen LogP contribution in [0.1, 0.15) is 25.3 Å². The number of halogens is 2. The zero-order chi connectivity index (χ0) is 13.0. The summed E-state index contributed by atoms with van der Waals surface area (Å²) >= 11 is 0. The highest BCUT2D eigenvalue weighted by Gasteiger charge is 2.27. The van der Waals surface area contributed by atoms with Gasteiger partial charge in [-0.25, -0.2) is 13.6 Å². The molecule has 0 saturated heterocycles. The highest BCUT2D eigenvalue weighted by atomic mass is 19.1. The molecule has 1 rings (SSSR count). The molecule has 0 heterocycles. The number of carbonyl (C=O) groups is 1. The number of hydrogen-bond acceptors (Lipinski definition) is 3. The van der Waals surface area contributed by atoms with Gasteiger partial charge in [-0.2, -0.15) is 0 Å². The molecule has 3 nitrogen and oxygen atoms in total. The minimum absolute atomic E-state index is 0.0759. The van der Waals surface area contributed by atoms with E-state index in [1.54, 1.807) is 6.92 Å². The monoisotopic (exact) mass is 244 g/mol. The lowest BCUT2D eigenvalue weighted by molar-refractivity contribution is -0.154. The lowest BCUT2D eigenvalue weighted by Crippen LogP contribution is -2.29. The first-order chi connectivity index (χ1) is 7.97. The van der Waals surface area contributed by atoms with E-state index >= 15 is 0 Å². The summed E-state index contributed by atoms with van der Waals surface area (Å²) in [6.07, 6.45) is -1.46. The largest absolute Gasteiger partial charge is 0.464 e. The Bertz CT molecular complexity index is 407. The van der Waals surface area contributed by atoms with Gasteiger partial charge in [0.15, 0.2) is 6.10 Å². The van der Waals surface area contributed by atoms with Crippen LogP contribution in [0.15, 0.2) is 18.2 Å². The van der Waals surface area contributed by atoms with E-state index in [0.717, 1.165) is 6.07 Å². The van der Waals surface area contributed by atoms with E-state index in [1.807, 2.05) is 0 Å². The first-order valence-electron chi connectivity index (χ1n) is 5.27. The molecule has 0 aliphatic heterocycles. The summed E-state index contributed by atoms with van der Waals surface area (Å²) in [5, 5.41) is 9.63. The molecule has 0 saturated carbocycles. The number of carbonyl (C=O) groups excluding carboxylic acids is 1. The second-order valence-electron chi connectivity index (χ2n) is 3.65. The molecule has 0 aliphatic rings. The SMILES string of the molecule is CCOC(=O)C(O)C(C)c1ccc(F)cc1F. The van der Waals surface area contributed by atoms with E-state index in [-0.39, 0.29) is 12.2 Å². The highest BCUT2D eigenvalue weighted by Crippen LogP contribution is 2.23. The van der Waals surface area contributed by atoms with Crippen LogP contribution in [0, 0.1) is 11.6 Å². The van der Waals surface area contributed by atoms with Crippen LogP contribution in [0.4, 0.5) is 8.78 Å². The lowest BCUT2D eigenvalue weighted by Gasteiger charge is -2.18. The summed E-state index contributed by atoms with van der Waals surface area (Å²) in [5.41, 5.74) is 0.0759.